The SMILES string of the molecule is COC(=O)c1cc2cc(F)c(Br)cc2s1. The molecule has 1 aromatic heterocycles. The van der Waals surface area contributed by atoms with Gasteiger partial charge in [-0.15, -0.1) is 11.3 Å². The van der Waals surface area contributed by atoms with Gasteiger partial charge in [-0.1, -0.05) is 0 Å². The molecule has 1 aromatic carbocycles. The third-order valence-corrected chi connectivity index (χ3v) is 3.63. The van der Waals surface area contributed by atoms with Crippen molar-refractivity contribution in [2.75, 3.05) is 7.11 Å². The smallest absolute Gasteiger partial charge is 0.348 e. The summed E-state index contributed by atoms with van der Waals surface area (Å²) < 4.78 is 19.0. The number of thiophene rings is 1. The van der Waals surface area contributed by atoms with Crippen molar-refractivity contribution in [2.24, 2.45) is 0 Å². The summed E-state index contributed by atoms with van der Waals surface area (Å²) in [6.07, 6.45) is 0. The van der Waals surface area contributed by atoms with Gasteiger partial charge < -0.3 is 4.74 Å². The van der Waals surface area contributed by atoms with Crippen LogP contribution in [0, 0.1) is 5.82 Å². The number of methoxy groups -OCH3 is 1. The molecule has 2 nitrogen and oxygen atoms in total. The fraction of sp³-hybridized carbons (Fsp3) is 0.100. The number of carbonyl (C=O) groups is 1. The van der Waals surface area contributed by atoms with Crippen molar-refractivity contribution >= 4 is 43.3 Å². The summed E-state index contributed by atoms with van der Waals surface area (Å²) in [6.45, 7) is 0. The van der Waals surface area contributed by atoms with Crippen molar-refractivity contribution in [2.45, 2.75) is 0 Å². The van der Waals surface area contributed by atoms with Crippen molar-refractivity contribution in [3.63, 3.8) is 0 Å². The molecule has 0 saturated carbocycles. The second kappa shape index (κ2) is 3.90. The zero-order valence-electron chi connectivity index (χ0n) is 7.71. The predicted octanol–water partition coefficient (Wildman–Crippen LogP) is 3.59. The molecule has 0 radical (unpaired) electrons. The van der Waals surface area contributed by atoms with Gasteiger partial charge >= 0.3 is 5.97 Å². The first-order valence-corrected chi connectivity index (χ1v) is 5.69. The Morgan fingerprint density at radius 3 is 2.87 bits per heavy atom. The van der Waals surface area contributed by atoms with Crippen molar-refractivity contribution in [1.29, 1.82) is 0 Å². The quantitative estimate of drug-likeness (QED) is 0.750. The highest BCUT2D eigenvalue weighted by Gasteiger charge is 2.11. The fourth-order valence-electron chi connectivity index (χ4n) is 1.24. The molecule has 0 fully saturated rings. The van der Waals surface area contributed by atoms with Crippen LogP contribution in [0.2, 0.25) is 0 Å². The van der Waals surface area contributed by atoms with Crippen LogP contribution in [0.1, 0.15) is 9.67 Å². The van der Waals surface area contributed by atoms with Gasteiger partial charge in [-0.2, -0.15) is 0 Å². The fourth-order valence-corrected chi connectivity index (χ4v) is 2.73. The number of ether oxygens (including phenoxy) is 1. The lowest BCUT2D eigenvalue weighted by Crippen LogP contribution is -1.96. The Morgan fingerprint density at radius 1 is 1.47 bits per heavy atom. The molecule has 0 bridgehead atoms. The minimum absolute atomic E-state index is 0.336. The third-order valence-electron chi connectivity index (χ3n) is 1.95. The number of fused-ring (bicyclic) bond motifs is 1. The predicted molar refractivity (Wildman–Crippen MR) is 60.8 cm³/mol. The molecule has 0 atom stereocenters. The molecular weight excluding hydrogens is 283 g/mol. The van der Waals surface area contributed by atoms with E-state index in [9.17, 15) is 9.18 Å². The Bertz CT molecular complexity index is 496. The maximum atomic E-state index is 13.2. The number of esters is 1. The Morgan fingerprint density at radius 2 is 2.20 bits per heavy atom. The molecule has 2 rings (SSSR count). The van der Waals surface area contributed by atoms with Gasteiger partial charge in [0.2, 0.25) is 0 Å². The van der Waals surface area contributed by atoms with Gasteiger partial charge in [-0.25, -0.2) is 9.18 Å². The van der Waals surface area contributed by atoms with E-state index in [4.69, 9.17) is 0 Å². The maximum Gasteiger partial charge on any atom is 0.348 e. The Hall–Kier alpha value is -0.940. The highest BCUT2D eigenvalue weighted by molar-refractivity contribution is 9.10. The van der Waals surface area contributed by atoms with Gasteiger partial charge in [0.15, 0.2) is 0 Å². The first kappa shape index (κ1) is 10.6. The zero-order chi connectivity index (χ0) is 11.0. The molecule has 1 heterocycles. The molecule has 5 heteroatoms. The lowest BCUT2D eigenvalue weighted by atomic mass is 10.2. The van der Waals surface area contributed by atoms with Crippen LogP contribution in [0.25, 0.3) is 10.1 Å². The molecular formula is C10H6BrFO2S. The lowest BCUT2D eigenvalue weighted by molar-refractivity contribution is 0.0606. The average molecular weight is 289 g/mol. The Balaban J connectivity index is 2.61. The second-order valence-corrected chi connectivity index (χ2v) is 4.84. The van der Waals surface area contributed by atoms with Crippen molar-refractivity contribution in [3.8, 4) is 0 Å². The Labute approximate surface area is 97.8 Å². The summed E-state index contributed by atoms with van der Waals surface area (Å²) in [7, 11) is 1.32. The molecule has 0 aliphatic rings. The van der Waals surface area contributed by atoms with Gasteiger partial charge in [-0.3, -0.25) is 0 Å². The van der Waals surface area contributed by atoms with Crippen LogP contribution in [-0.2, 0) is 4.74 Å². The highest BCUT2D eigenvalue weighted by atomic mass is 79.9. The van der Waals surface area contributed by atoms with Crippen molar-refractivity contribution in [3.05, 3.63) is 33.4 Å². The minimum Gasteiger partial charge on any atom is -0.465 e. The topological polar surface area (TPSA) is 26.3 Å². The van der Waals surface area contributed by atoms with E-state index >= 15 is 0 Å². The molecule has 0 N–H and O–H groups in total. The maximum absolute atomic E-state index is 13.2. The summed E-state index contributed by atoms with van der Waals surface area (Å²) in [6, 6.07) is 4.67. The number of carbonyl (C=O) groups excluding carboxylic acids is 1. The molecule has 0 saturated heterocycles. The zero-order valence-corrected chi connectivity index (χ0v) is 10.1. The van der Waals surface area contributed by atoms with Crippen LogP contribution >= 0.6 is 27.3 Å². The number of rotatable bonds is 1. The van der Waals surface area contributed by atoms with E-state index in [1.807, 2.05) is 0 Å². The summed E-state index contributed by atoms with van der Waals surface area (Å²) in [5.41, 5.74) is 0. The lowest BCUT2D eigenvalue weighted by Gasteiger charge is -1.92. The highest BCUT2D eigenvalue weighted by Crippen LogP contribution is 2.30. The molecule has 15 heavy (non-hydrogen) atoms. The first-order chi connectivity index (χ1) is 7.11. The molecule has 0 amide bonds. The van der Waals surface area contributed by atoms with Gasteiger partial charge in [0, 0.05) is 4.70 Å². The molecule has 78 valence electrons. The van der Waals surface area contributed by atoms with E-state index in [2.05, 4.69) is 20.7 Å². The van der Waals surface area contributed by atoms with Crippen LogP contribution < -0.4 is 0 Å². The van der Waals surface area contributed by atoms with Crippen molar-refractivity contribution < 1.29 is 13.9 Å². The van der Waals surface area contributed by atoms with E-state index in [-0.39, 0.29) is 5.82 Å². The summed E-state index contributed by atoms with van der Waals surface area (Å²) in [5, 5.41) is 0.709. The van der Waals surface area contributed by atoms with Gasteiger partial charge in [0.05, 0.1) is 11.6 Å². The number of halogens is 2. The Kier molecular flexibility index (Phi) is 2.75. The number of hydrogen-bond acceptors (Lipinski definition) is 3. The first-order valence-electron chi connectivity index (χ1n) is 4.08. The molecule has 0 aliphatic heterocycles. The molecule has 0 unspecified atom stereocenters. The number of hydrogen-bond donors (Lipinski definition) is 0. The van der Waals surface area contributed by atoms with E-state index < -0.39 is 5.97 Å². The van der Waals surface area contributed by atoms with Crippen LogP contribution in [-0.4, -0.2) is 13.1 Å². The van der Waals surface area contributed by atoms with Crippen LogP contribution in [0.5, 0.6) is 0 Å². The largest absolute Gasteiger partial charge is 0.465 e. The third kappa shape index (κ3) is 1.89. The van der Waals surface area contributed by atoms with E-state index in [0.29, 0.717) is 14.7 Å². The average Bonchev–Trinajstić information content (AvgIpc) is 2.60. The summed E-state index contributed by atoms with van der Waals surface area (Å²) in [5.74, 6) is -0.732. The van der Waals surface area contributed by atoms with Crippen LogP contribution in [0.3, 0.4) is 0 Å². The van der Waals surface area contributed by atoms with Crippen molar-refractivity contribution in [1.82, 2.24) is 0 Å². The van der Waals surface area contributed by atoms with E-state index in [1.165, 1.54) is 24.5 Å². The van der Waals surface area contributed by atoms with Crippen LogP contribution in [0.15, 0.2) is 22.7 Å². The summed E-state index contributed by atoms with van der Waals surface area (Å²) in [4.78, 5) is 11.7. The molecule has 2 aromatic rings. The van der Waals surface area contributed by atoms with E-state index in [0.717, 1.165) is 4.70 Å². The second-order valence-electron chi connectivity index (χ2n) is 2.91. The standard InChI is InChI=1S/C10H6BrFO2S/c1-14-10(13)9-3-5-2-7(12)6(11)4-8(5)15-9/h2-4H,1H3. The number of benzene rings is 1. The van der Waals surface area contributed by atoms with E-state index in [1.54, 1.807) is 12.1 Å². The van der Waals surface area contributed by atoms with Crippen LogP contribution in [0.4, 0.5) is 4.39 Å². The van der Waals surface area contributed by atoms with Gasteiger partial charge in [0.1, 0.15) is 10.7 Å². The molecule has 0 aliphatic carbocycles. The van der Waals surface area contributed by atoms with Gasteiger partial charge in [0.25, 0.3) is 0 Å². The van der Waals surface area contributed by atoms with Gasteiger partial charge in [-0.05, 0) is 39.5 Å². The summed E-state index contributed by atoms with van der Waals surface area (Å²) >= 11 is 4.38. The monoisotopic (exact) mass is 288 g/mol. The minimum atomic E-state index is -0.396. The normalized spacial score (nSPS) is 10.6. The molecule has 0 spiro atoms.